The molecule has 9 heteroatoms. The highest BCUT2D eigenvalue weighted by atomic mass is 32.2. The summed E-state index contributed by atoms with van der Waals surface area (Å²) in [7, 11) is 0.800. The predicted octanol–water partition coefficient (Wildman–Crippen LogP) is 3.65. The second-order valence-corrected chi connectivity index (χ2v) is 7.56. The Bertz CT molecular complexity index is 1090. The number of anilines is 3. The average molecular weight is 415 g/mol. The first-order chi connectivity index (χ1) is 14.0. The van der Waals surface area contributed by atoms with Crippen molar-refractivity contribution >= 4 is 27.2 Å². The van der Waals surface area contributed by atoms with E-state index < -0.39 is 10.0 Å². The second kappa shape index (κ2) is 8.70. The Labute approximate surface area is 169 Å². The molecule has 0 aliphatic carbocycles. The standard InChI is InChI=1S/C20H21N3O5S/c1-26-15-7-9-16(10-8-15)29(24,25)23-17-5-4-12-21-20(17)22-14-6-11-18(27-2)19(13-14)28-3/h4-13,23H,1-3H3,(H,21,22). The van der Waals surface area contributed by atoms with Crippen molar-refractivity contribution in [2.24, 2.45) is 0 Å². The normalized spacial score (nSPS) is 10.9. The number of hydrogen-bond acceptors (Lipinski definition) is 7. The van der Waals surface area contributed by atoms with E-state index in [1.54, 1.807) is 55.8 Å². The van der Waals surface area contributed by atoms with Gasteiger partial charge in [-0.3, -0.25) is 4.72 Å². The Morgan fingerprint density at radius 2 is 1.59 bits per heavy atom. The summed E-state index contributed by atoms with van der Waals surface area (Å²) in [4.78, 5) is 4.36. The van der Waals surface area contributed by atoms with E-state index in [4.69, 9.17) is 14.2 Å². The van der Waals surface area contributed by atoms with Crippen LogP contribution in [-0.4, -0.2) is 34.7 Å². The van der Waals surface area contributed by atoms with Gasteiger partial charge >= 0.3 is 0 Å². The molecule has 2 N–H and O–H groups in total. The molecule has 0 spiro atoms. The van der Waals surface area contributed by atoms with Crippen LogP contribution in [0.25, 0.3) is 0 Å². The largest absolute Gasteiger partial charge is 0.497 e. The van der Waals surface area contributed by atoms with Crippen LogP contribution < -0.4 is 24.2 Å². The summed E-state index contributed by atoms with van der Waals surface area (Å²) in [6.45, 7) is 0. The zero-order valence-corrected chi connectivity index (χ0v) is 17.0. The third-order valence-electron chi connectivity index (χ3n) is 4.07. The molecule has 3 aromatic rings. The van der Waals surface area contributed by atoms with Crippen molar-refractivity contribution < 1.29 is 22.6 Å². The maximum Gasteiger partial charge on any atom is 0.262 e. The van der Waals surface area contributed by atoms with Crippen LogP contribution in [0.5, 0.6) is 17.2 Å². The number of aromatic nitrogens is 1. The Morgan fingerprint density at radius 3 is 2.24 bits per heavy atom. The molecule has 29 heavy (non-hydrogen) atoms. The van der Waals surface area contributed by atoms with Crippen molar-refractivity contribution in [3.63, 3.8) is 0 Å². The molecule has 152 valence electrons. The monoisotopic (exact) mass is 415 g/mol. The van der Waals surface area contributed by atoms with Gasteiger partial charge in [-0.15, -0.1) is 0 Å². The quantitative estimate of drug-likeness (QED) is 0.579. The van der Waals surface area contributed by atoms with E-state index in [1.807, 2.05) is 0 Å². The van der Waals surface area contributed by atoms with E-state index >= 15 is 0 Å². The number of sulfonamides is 1. The Kier molecular flexibility index (Phi) is 6.08. The molecule has 0 radical (unpaired) electrons. The summed E-state index contributed by atoms with van der Waals surface area (Å²) < 4.78 is 43.6. The molecule has 0 saturated heterocycles. The van der Waals surface area contributed by atoms with Crippen LogP contribution in [0.15, 0.2) is 65.7 Å². The van der Waals surface area contributed by atoms with Crippen LogP contribution in [0.3, 0.4) is 0 Å². The fourth-order valence-corrected chi connectivity index (χ4v) is 3.66. The first kappa shape index (κ1) is 20.3. The van der Waals surface area contributed by atoms with Crippen molar-refractivity contribution in [3.05, 3.63) is 60.8 Å². The fraction of sp³-hybridized carbons (Fsp3) is 0.150. The highest BCUT2D eigenvalue weighted by Gasteiger charge is 2.17. The lowest BCUT2D eigenvalue weighted by Gasteiger charge is -2.15. The topological polar surface area (TPSA) is 98.8 Å². The molecule has 0 amide bonds. The summed E-state index contributed by atoms with van der Waals surface area (Å²) in [5, 5.41) is 3.10. The molecule has 1 aromatic heterocycles. The average Bonchev–Trinajstić information content (AvgIpc) is 2.75. The first-order valence-electron chi connectivity index (χ1n) is 8.58. The van der Waals surface area contributed by atoms with E-state index in [-0.39, 0.29) is 4.90 Å². The predicted molar refractivity (Wildman–Crippen MR) is 111 cm³/mol. The van der Waals surface area contributed by atoms with Crippen LogP contribution in [0.4, 0.5) is 17.2 Å². The van der Waals surface area contributed by atoms with Gasteiger partial charge in [0.05, 0.1) is 31.9 Å². The van der Waals surface area contributed by atoms with Gasteiger partial charge in [-0.2, -0.15) is 0 Å². The minimum atomic E-state index is -3.81. The number of rotatable bonds is 8. The summed E-state index contributed by atoms with van der Waals surface area (Å²) in [6.07, 6.45) is 1.56. The van der Waals surface area contributed by atoms with E-state index in [1.165, 1.54) is 26.4 Å². The lowest BCUT2D eigenvalue weighted by atomic mass is 10.2. The molecule has 1 heterocycles. The minimum absolute atomic E-state index is 0.110. The Hall–Kier alpha value is -3.46. The fourth-order valence-electron chi connectivity index (χ4n) is 2.60. The highest BCUT2D eigenvalue weighted by molar-refractivity contribution is 7.92. The number of methoxy groups -OCH3 is 3. The van der Waals surface area contributed by atoms with Crippen LogP contribution >= 0.6 is 0 Å². The maximum atomic E-state index is 12.7. The van der Waals surface area contributed by atoms with Gasteiger partial charge < -0.3 is 19.5 Å². The molecule has 0 aliphatic heterocycles. The molecule has 2 aromatic carbocycles. The minimum Gasteiger partial charge on any atom is -0.497 e. The summed E-state index contributed by atoms with van der Waals surface area (Å²) in [5.41, 5.74) is 0.962. The maximum absolute atomic E-state index is 12.7. The van der Waals surface area contributed by atoms with E-state index in [0.29, 0.717) is 34.4 Å². The van der Waals surface area contributed by atoms with Crippen molar-refractivity contribution in [1.29, 1.82) is 0 Å². The highest BCUT2D eigenvalue weighted by Crippen LogP contribution is 2.32. The van der Waals surface area contributed by atoms with Gasteiger partial charge in [-0.05, 0) is 48.5 Å². The van der Waals surface area contributed by atoms with Crippen molar-refractivity contribution in [3.8, 4) is 17.2 Å². The number of ether oxygens (including phenoxy) is 3. The second-order valence-electron chi connectivity index (χ2n) is 5.88. The van der Waals surface area contributed by atoms with Gasteiger partial charge in [-0.25, -0.2) is 13.4 Å². The molecule has 8 nitrogen and oxygen atoms in total. The van der Waals surface area contributed by atoms with E-state index in [9.17, 15) is 8.42 Å². The van der Waals surface area contributed by atoms with E-state index in [2.05, 4.69) is 15.0 Å². The van der Waals surface area contributed by atoms with E-state index in [0.717, 1.165) is 0 Å². The Morgan fingerprint density at radius 1 is 0.862 bits per heavy atom. The third kappa shape index (κ3) is 4.69. The van der Waals surface area contributed by atoms with Gasteiger partial charge in [0.2, 0.25) is 0 Å². The third-order valence-corrected chi connectivity index (χ3v) is 5.45. The Balaban J connectivity index is 1.87. The van der Waals surface area contributed by atoms with Crippen molar-refractivity contribution in [2.75, 3.05) is 31.4 Å². The van der Waals surface area contributed by atoms with Gasteiger partial charge in [0, 0.05) is 18.0 Å². The van der Waals surface area contributed by atoms with Crippen molar-refractivity contribution in [2.45, 2.75) is 4.90 Å². The summed E-state index contributed by atoms with van der Waals surface area (Å²) >= 11 is 0. The lowest BCUT2D eigenvalue weighted by Crippen LogP contribution is -2.14. The molecule has 0 fully saturated rings. The molecular weight excluding hydrogens is 394 g/mol. The van der Waals surface area contributed by atoms with Crippen LogP contribution in [0.1, 0.15) is 0 Å². The van der Waals surface area contributed by atoms with Crippen LogP contribution in [0, 0.1) is 0 Å². The number of benzene rings is 2. The molecule has 0 saturated carbocycles. The number of hydrogen-bond donors (Lipinski definition) is 2. The number of nitrogens with one attached hydrogen (secondary N) is 2. The molecule has 0 bridgehead atoms. The summed E-state index contributed by atoms with van der Waals surface area (Å²) in [5.74, 6) is 2.03. The summed E-state index contributed by atoms with van der Waals surface area (Å²) in [6, 6.07) is 14.6. The molecule has 0 atom stereocenters. The lowest BCUT2D eigenvalue weighted by molar-refractivity contribution is 0.355. The van der Waals surface area contributed by atoms with Gasteiger partial charge in [0.15, 0.2) is 17.3 Å². The van der Waals surface area contributed by atoms with Crippen LogP contribution in [-0.2, 0) is 10.0 Å². The first-order valence-corrected chi connectivity index (χ1v) is 10.1. The van der Waals surface area contributed by atoms with Gasteiger partial charge in [-0.1, -0.05) is 0 Å². The smallest absolute Gasteiger partial charge is 0.262 e. The number of pyridine rings is 1. The van der Waals surface area contributed by atoms with Crippen LogP contribution in [0.2, 0.25) is 0 Å². The molecule has 0 aliphatic rings. The zero-order valence-electron chi connectivity index (χ0n) is 16.2. The van der Waals surface area contributed by atoms with Gasteiger partial charge in [0.1, 0.15) is 5.75 Å². The zero-order chi connectivity index (χ0) is 20.9. The van der Waals surface area contributed by atoms with Gasteiger partial charge in [0.25, 0.3) is 10.0 Å². The molecular formula is C20H21N3O5S. The number of nitrogens with zero attached hydrogens (tertiary/aromatic N) is 1. The van der Waals surface area contributed by atoms with Crippen molar-refractivity contribution in [1.82, 2.24) is 4.98 Å². The SMILES string of the molecule is COc1ccc(S(=O)(=O)Nc2cccnc2Nc2ccc(OC)c(OC)c2)cc1. The molecule has 0 unspecified atom stereocenters. The molecule has 3 rings (SSSR count).